The van der Waals surface area contributed by atoms with Gasteiger partial charge in [0.1, 0.15) is 6.29 Å². The van der Waals surface area contributed by atoms with Crippen LogP contribution in [0.2, 0.25) is 0 Å². The molecule has 0 saturated heterocycles. The van der Waals surface area contributed by atoms with Gasteiger partial charge in [0.05, 0.1) is 24.8 Å². The maximum absolute atomic E-state index is 9.94. The van der Waals surface area contributed by atoms with E-state index in [2.05, 4.69) is 0 Å². The molecule has 0 spiro atoms. The number of aldehydes is 1. The van der Waals surface area contributed by atoms with E-state index in [1.165, 1.54) is 0 Å². The maximum Gasteiger partial charge on any atom is 0.139 e. The van der Waals surface area contributed by atoms with Gasteiger partial charge in [0.15, 0.2) is 0 Å². The minimum Gasteiger partial charge on any atom is -0.395 e. The lowest BCUT2D eigenvalue weighted by atomic mass is 10.1. The predicted molar refractivity (Wildman–Crippen MR) is 35.1 cm³/mol. The predicted octanol–water partition coefficient (Wildman–Crippen LogP) is -2.81. The van der Waals surface area contributed by atoms with Crippen molar-refractivity contribution in [3.8, 4) is 0 Å². The third kappa shape index (κ3) is 2.40. The molecule has 0 aromatic heterocycles. The van der Waals surface area contributed by atoms with E-state index in [0.717, 1.165) is 0 Å². The molecule has 0 bridgehead atoms. The Labute approximate surface area is 58.6 Å². The normalized spacial score (nSPS) is 19.6. The van der Waals surface area contributed by atoms with Crippen LogP contribution in [0.25, 0.3) is 0 Å². The lowest BCUT2D eigenvalue weighted by Crippen LogP contribution is -2.49. The summed E-state index contributed by atoms with van der Waals surface area (Å²) in [4.78, 5) is 9.94. The second-order valence-electron chi connectivity index (χ2n) is 2.05. The van der Waals surface area contributed by atoms with Gasteiger partial charge in [0.2, 0.25) is 0 Å². The molecule has 0 aromatic rings. The Kier molecular flexibility index (Phi) is 4.13. The fourth-order valence-corrected chi connectivity index (χ4v) is 0.474. The minimum atomic E-state index is -1.16. The molecule has 0 aliphatic heterocycles. The van der Waals surface area contributed by atoms with E-state index in [-0.39, 0.29) is 6.61 Å². The van der Waals surface area contributed by atoms with Crippen LogP contribution in [-0.2, 0) is 4.79 Å². The van der Waals surface area contributed by atoms with Crippen molar-refractivity contribution in [1.82, 2.24) is 0 Å². The monoisotopic (exact) mass is 148 g/mol. The van der Waals surface area contributed by atoms with Crippen molar-refractivity contribution in [2.24, 2.45) is 11.5 Å². The highest BCUT2D eigenvalue weighted by Crippen LogP contribution is 1.91. The minimum absolute atomic E-state index is 0.386. The molecule has 0 heterocycles. The molecule has 0 amide bonds. The summed E-state index contributed by atoms with van der Waals surface area (Å²) in [5.41, 5.74) is 10.2. The molecule has 0 rings (SSSR count). The summed E-state index contributed by atoms with van der Waals surface area (Å²) in [6.07, 6.45) is -0.775. The summed E-state index contributed by atoms with van der Waals surface area (Å²) < 4.78 is 0. The molecule has 0 saturated carbocycles. The van der Waals surface area contributed by atoms with Crippen LogP contribution in [0.1, 0.15) is 0 Å². The third-order valence-corrected chi connectivity index (χ3v) is 1.20. The van der Waals surface area contributed by atoms with E-state index < -0.39 is 18.2 Å². The highest BCUT2D eigenvalue weighted by atomic mass is 16.3. The Balaban J connectivity index is 3.80. The van der Waals surface area contributed by atoms with Crippen LogP contribution < -0.4 is 11.5 Å². The van der Waals surface area contributed by atoms with Gasteiger partial charge in [-0.15, -0.1) is 0 Å². The lowest BCUT2D eigenvalue weighted by Gasteiger charge is -2.18. The average Bonchev–Trinajstić information content (AvgIpc) is 2.00. The Bertz CT molecular complexity index is 109. The van der Waals surface area contributed by atoms with Gasteiger partial charge < -0.3 is 26.5 Å². The Morgan fingerprint density at radius 3 is 2.30 bits per heavy atom. The van der Waals surface area contributed by atoms with Crippen molar-refractivity contribution in [3.63, 3.8) is 0 Å². The number of aliphatic hydroxyl groups is 2. The van der Waals surface area contributed by atoms with Gasteiger partial charge >= 0.3 is 0 Å². The molecule has 10 heavy (non-hydrogen) atoms. The number of carbonyl (C=O) groups excluding carboxylic acids is 1. The van der Waals surface area contributed by atoms with Crippen molar-refractivity contribution in [2.45, 2.75) is 18.2 Å². The van der Waals surface area contributed by atoms with Gasteiger partial charge in [-0.3, -0.25) is 0 Å². The van der Waals surface area contributed by atoms with E-state index in [1.54, 1.807) is 0 Å². The largest absolute Gasteiger partial charge is 0.395 e. The van der Waals surface area contributed by atoms with Crippen LogP contribution in [0.3, 0.4) is 0 Å². The van der Waals surface area contributed by atoms with Crippen LogP contribution in [-0.4, -0.2) is 41.3 Å². The van der Waals surface area contributed by atoms with Gasteiger partial charge in [-0.25, -0.2) is 0 Å². The van der Waals surface area contributed by atoms with Crippen molar-refractivity contribution in [3.05, 3.63) is 0 Å². The molecule has 0 aliphatic rings. The SMILES string of the molecule is N[C@H](C=O)[C@H](O)[C@@H](N)CO. The molecule has 6 N–H and O–H groups in total. The second-order valence-corrected chi connectivity index (χ2v) is 2.05. The van der Waals surface area contributed by atoms with Crippen LogP contribution >= 0.6 is 0 Å². The van der Waals surface area contributed by atoms with E-state index in [9.17, 15) is 4.79 Å². The van der Waals surface area contributed by atoms with E-state index in [1.807, 2.05) is 0 Å². The highest BCUT2D eigenvalue weighted by Gasteiger charge is 2.20. The molecular formula is C5H12N2O3. The first kappa shape index (κ1) is 9.51. The third-order valence-electron chi connectivity index (χ3n) is 1.20. The second kappa shape index (κ2) is 4.35. The molecule has 5 nitrogen and oxygen atoms in total. The van der Waals surface area contributed by atoms with Crippen LogP contribution in [0.5, 0.6) is 0 Å². The smallest absolute Gasteiger partial charge is 0.139 e. The summed E-state index contributed by atoms with van der Waals surface area (Å²) in [6, 6.07) is -1.86. The Morgan fingerprint density at radius 2 is 2.00 bits per heavy atom. The van der Waals surface area contributed by atoms with Gasteiger partial charge in [0.25, 0.3) is 0 Å². The molecule has 0 aliphatic carbocycles. The van der Waals surface area contributed by atoms with Crippen LogP contribution in [0.15, 0.2) is 0 Å². The number of nitrogens with two attached hydrogens (primary N) is 2. The van der Waals surface area contributed by atoms with Crippen LogP contribution in [0, 0.1) is 0 Å². The van der Waals surface area contributed by atoms with E-state index >= 15 is 0 Å². The van der Waals surface area contributed by atoms with Crippen molar-refractivity contribution < 1.29 is 15.0 Å². The molecule has 5 heteroatoms. The molecule has 0 radical (unpaired) electrons. The number of carbonyl (C=O) groups is 1. The van der Waals surface area contributed by atoms with Gasteiger partial charge in [0, 0.05) is 0 Å². The number of hydrogen-bond acceptors (Lipinski definition) is 5. The molecule has 0 aromatic carbocycles. The van der Waals surface area contributed by atoms with E-state index in [4.69, 9.17) is 21.7 Å². The fraction of sp³-hybridized carbons (Fsp3) is 0.800. The van der Waals surface area contributed by atoms with Crippen LogP contribution in [0.4, 0.5) is 0 Å². The van der Waals surface area contributed by atoms with Crippen molar-refractivity contribution in [1.29, 1.82) is 0 Å². The van der Waals surface area contributed by atoms with E-state index in [0.29, 0.717) is 6.29 Å². The summed E-state index contributed by atoms with van der Waals surface area (Å²) in [5.74, 6) is 0. The summed E-state index contributed by atoms with van der Waals surface area (Å²) in [5, 5.41) is 17.3. The standard InChI is InChI=1S/C5H12N2O3/c6-3(1-8)5(10)4(7)2-9/h1,3-5,9-10H,2,6-7H2/t3-,4+,5+/m1/s1. The molecule has 3 atom stereocenters. The van der Waals surface area contributed by atoms with Gasteiger partial charge in [-0.1, -0.05) is 0 Å². The number of hydrogen-bond donors (Lipinski definition) is 4. The Morgan fingerprint density at radius 1 is 1.50 bits per heavy atom. The first-order chi connectivity index (χ1) is 4.63. The van der Waals surface area contributed by atoms with Gasteiger partial charge in [-0.05, 0) is 0 Å². The fourth-order valence-electron chi connectivity index (χ4n) is 0.474. The molecule has 0 fully saturated rings. The first-order valence-corrected chi connectivity index (χ1v) is 2.89. The number of aliphatic hydroxyl groups excluding tert-OH is 2. The highest BCUT2D eigenvalue weighted by molar-refractivity contribution is 5.58. The molecule has 0 unspecified atom stereocenters. The zero-order valence-corrected chi connectivity index (χ0v) is 5.47. The Hall–Kier alpha value is -0.490. The maximum atomic E-state index is 9.94. The summed E-state index contributed by atoms with van der Waals surface area (Å²) in [7, 11) is 0. The van der Waals surface area contributed by atoms with Gasteiger partial charge in [-0.2, -0.15) is 0 Å². The van der Waals surface area contributed by atoms with Crippen molar-refractivity contribution in [2.75, 3.05) is 6.61 Å². The zero-order valence-electron chi connectivity index (χ0n) is 5.47. The van der Waals surface area contributed by atoms with Crippen molar-refractivity contribution >= 4 is 6.29 Å². The molecular weight excluding hydrogens is 136 g/mol. The average molecular weight is 148 g/mol. The summed E-state index contributed by atoms with van der Waals surface area (Å²) >= 11 is 0. The first-order valence-electron chi connectivity index (χ1n) is 2.89. The quantitative estimate of drug-likeness (QED) is 0.322. The molecule has 60 valence electrons. The topological polar surface area (TPSA) is 110 Å². The zero-order chi connectivity index (χ0) is 8.15. The number of rotatable bonds is 4. The summed E-state index contributed by atoms with van der Waals surface area (Å²) in [6.45, 7) is -0.386. The lowest BCUT2D eigenvalue weighted by molar-refractivity contribution is -0.111.